The van der Waals surface area contributed by atoms with Crippen LogP contribution in [0.3, 0.4) is 0 Å². The Morgan fingerprint density at radius 2 is 2.25 bits per heavy atom. The van der Waals surface area contributed by atoms with E-state index in [1.807, 2.05) is 13.0 Å². The molecule has 0 atom stereocenters. The van der Waals surface area contributed by atoms with Gasteiger partial charge in [-0.1, -0.05) is 29.8 Å². The van der Waals surface area contributed by atoms with E-state index in [9.17, 15) is 4.79 Å². The first kappa shape index (κ1) is 12.7. The van der Waals surface area contributed by atoms with Gasteiger partial charge in [0, 0.05) is 13.1 Å². The highest BCUT2D eigenvalue weighted by atomic mass is 16.5. The maximum Gasteiger partial charge on any atom is 0.307 e. The van der Waals surface area contributed by atoms with E-state index in [4.69, 9.17) is 4.74 Å². The molecule has 0 bridgehead atoms. The smallest absolute Gasteiger partial charge is 0.307 e. The Morgan fingerprint density at radius 1 is 1.44 bits per heavy atom. The van der Waals surface area contributed by atoms with Crippen molar-refractivity contribution in [1.29, 1.82) is 0 Å². The van der Waals surface area contributed by atoms with Gasteiger partial charge in [0.2, 0.25) is 0 Å². The number of rotatable bonds is 6. The summed E-state index contributed by atoms with van der Waals surface area (Å²) in [7, 11) is 0. The standard InChI is InChI=1S/C13H19NO2/c1-3-16-13(15)7-8-14-10-12-6-4-5-11(2)9-12/h4-6,9,14H,3,7-8,10H2,1-2H3. The summed E-state index contributed by atoms with van der Waals surface area (Å²) in [4.78, 5) is 11.0. The second kappa shape index (κ2) is 7.01. The van der Waals surface area contributed by atoms with E-state index < -0.39 is 0 Å². The van der Waals surface area contributed by atoms with Crippen molar-refractivity contribution >= 4 is 5.97 Å². The van der Waals surface area contributed by atoms with Crippen LogP contribution in [-0.4, -0.2) is 19.1 Å². The van der Waals surface area contributed by atoms with Crippen molar-refractivity contribution < 1.29 is 9.53 Å². The van der Waals surface area contributed by atoms with Crippen LogP contribution in [0.25, 0.3) is 0 Å². The Balaban J connectivity index is 2.18. The fourth-order valence-electron chi connectivity index (χ4n) is 1.48. The lowest BCUT2D eigenvalue weighted by Gasteiger charge is -2.05. The summed E-state index contributed by atoms with van der Waals surface area (Å²) >= 11 is 0. The highest BCUT2D eigenvalue weighted by Gasteiger charge is 2.00. The summed E-state index contributed by atoms with van der Waals surface area (Å²) in [5.41, 5.74) is 2.49. The zero-order valence-corrected chi connectivity index (χ0v) is 9.95. The van der Waals surface area contributed by atoms with Crippen LogP contribution in [-0.2, 0) is 16.1 Å². The van der Waals surface area contributed by atoms with Crippen molar-refractivity contribution in [3.63, 3.8) is 0 Å². The summed E-state index contributed by atoms with van der Waals surface area (Å²) in [5, 5.41) is 3.22. The predicted octanol–water partition coefficient (Wildman–Crippen LogP) is 2.04. The van der Waals surface area contributed by atoms with Crippen molar-refractivity contribution in [1.82, 2.24) is 5.32 Å². The van der Waals surface area contributed by atoms with E-state index in [2.05, 4.69) is 30.4 Å². The largest absolute Gasteiger partial charge is 0.466 e. The number of hydrogen-bond acceptors (Lipinski definition) is 3. The van der Waals surface area contributed by atoms with Crippen molar-refractivity contribution in [2.45, 2.75) is 26.8 Å². The molecule has 0 amide bonds. The lowest BCUT2D eigenvalue weighted by atomic mass is 10.1. The Bertz CT molecular complexity index is 336. The van der Waals surface area contributed by atoms with Crippen molar-refractivity contribution in [3.8, 4) is 0 Å². The Morgan fingerprint density at radius 3 is 2.94 bits per heavy atom. The normalized spacial score (nSPS) is 10.1. The topological polar surface area (TPSA) is 38.3 Å². The molecular weight excluding hydrogens is 202 g/mol. The molecule has 0 aromatic heterocycles. The minimum atomic E-state index is -0.140. The fraction of sp³-hybridized carbons (Fsp3) is 0.462. The molecule has 0 heterocycles. The zero-order chi connectivity index (χ0) is 11.8. The van der Waals surface area contributed by atoms with Gasteiger partial charge in [0.25, 0.3) is 0 Å². The minimum Gasteiger partial charge on any atom is -0.466 e. The molecule has 1 rings (SSSR count). The second-order valence-electron chi connectivity index (χ2n) is 3.72. The third kappa shape index (κ3) is 4.94. The molecule has 0 unspecified atom stereocenters. The van der Waals surface area contributed by atoms with Crippen LogP contribution in [0.4, 0.5) is 0 Å². The average molecular weight is 221 g/mol. The molecule has 1 aromatic carbocycles. The first-order chi connectivity index (χ1) is 7.72. The number of esters is 1. The SMILES string of the molecule is CCOC(=O)CCNCc1cccc(C)c1. The van der Waals surface area contributed by atoms with Gasteiger partial charge in [0.15, 0.2) is 0 Å². The summed E-state index contributed by atoms with van der Waals surface area (Å²) in [6.45, 7) is 5.80. The number of ether oxygens (including phenoxy) is 1. The van der Waals surface area contributed by atoms with Gasteiger partial charge in [-0.2, -0.15) is 0 Å². The number of aryl methyl sites for hydroxylation is 1. The maximum absolute atomic E-state index is 11.0. The number of hydrogen-bond donors (Lipinski definition) is 1. The molecule has 0 fully saturated rings. The lowest BCUT2D eigenvalue weighted by Crippen LogP contribution is -2.19. The van der Waals surface area contributed by atoms with E-state index in [1.54, 1.807) is 0 Å². The molecular formula is C13H19NO2. The highest BCUT2D eigenvalue weighted by molar-refractivity contribution is 5.69. The number of nitrogens with one attached hydrogen (secondary N) is 1. The van der Waals surface area contributed by atoms with Crippen LogP contribution in [0.2, 0.25) is 0 Å². The van der Waals surface area contributed by atoms with Crippen LogP contribution in [0.5, 0.6) is 0 Å². The molecule has 3 nitrogen and oxygen atoms in total. The van der Waals surface area contributed by atoms with Crippen LogP contribution in [0.1, 0.15) is 24.5 Å². The van der Waals surface area contributed by atoms with Crippen LogP contribution < -0.4 is 5.32 Å². The van der Waals surface area contributed by atoms with Gasteiger partial charge in [-0.3, -0.25) is 4.79 Å². The van der Waals surface area contributed by atoms with E-state index in [1.165, 1.54) is 11.1 Å². The third-order valence-electron chi connectivity index (χ3n) is 2.22. The van der Waals surface area contributed by atoms with E-state index in [0.29, 0.717) is 19.6 Å². The van der Waals surface area contributed by atoms with Gasteiger partial charge < -0.3 is 10.1 Å². The molecule has 1 N–H and O–H groups in total. The number of carbonyl (C=O) groups excluding carboxylic acids is 1. The van der Waals surface area contributed by atoms with Crippen LogP contribution >= 0.6 is 0 Å². The molecule has 3 heteroatoms. The Kier molecular flexibility index (Phi) is 5.57. The summed E-state index contributed by atoms with van der Waals surface area (Å²) in [5.74, 6) is -0.140. The van der Waals surface area contributed by atoms with Gasteiger partial charge in [-0.05, 0) is 19.4 Å². The molecule has 0 saturated carbocycles. The monoisotopic (exact) mass is 221 g/mol. The molecule has 16 heavy (non-hydrogen) atoms. The van der Waals surface area contributed by atoms with Crippen molar-refractivity contribution in [3.05, 3.63) is 35.4 Å². The molecule has 0 saturated heterocycles. The Hall–Kier alpha value is -1.35. The molecule has 0 aliphatic heterocycles. The van der Waals surface area contributed by atoms with Crippen molar-refractivity contribution in [2.24, 2.45) is 0 Å². The van der Waals surface area contributed by atoms with Crippen LogP contribution in [0.15, 0.2) is 24.3 Å². The summed E-state index contributed by atoms with van der Waals surface area (Å²) < 4.78 is 4.83. The molecule has 0 aliphatic carbocycles. The average Bonchev–Trinajstić information content (AvgIpc) is 2.25. The molecule has 0 spiro atoms. The quantitative estimate of drug-likeness (QED) is 0.590. The van der Waals surface area contributed by atoms with E-state index in [0.717, 1.165) is 6.54 Å². The summed E-state index contributed by atoms with van der Waals surface area (Å²) in [6.07, 6.45) is 0.430. The third-order valence-corrected chi connectivity index (χ3v) is 2.22. The number of benzene rings is 1. The predicted molar refractivity (Wildman–Crippen MR) is 64.1 cm³/mol. The van der Waals surface area contributed by atoms with E-state index in [-0.39, 0.29) is 5.97 Å². The lowest BCUT2D eigenvalue weighted by molar-refractivity contribution is -0.142. The van der Waals surface area contributed by atoms with Gasteiger partial charge in [0.05, 0.1) is 13.0 Å². The number of carbonyl (C=O) groups is 1. The van der Waals surface area contributed by atoms with Gasteiger partial charge >= 0.3 is 5.97 Å². The molecule has 0 aliphatic rings. The molecule has 0 radical (unpaired) electrons. The van der Waals surface area contributed by atoms with Gasteiger partial charge in [0.1, 0.15) is 0 Å². The highest BCUT2D eigenvalue weighted by Crippen LogP contribution is 2.03. The minimum absolute atomic E-state index is 0.140. The van der Waals surface area contributed by atoms with Gasteiger partial charge in [-0.25, -0.2) is 0 Å². The van der Waals surface area contributed by atoms with Crippen molar-refractivity contribution in [2.75, 3.05) is 13.2 Å². The molecule has 88 valence electrons. The maximum atomic E-state index is 11.0. The van der Waals surface area contributed by atoms with Gasteiger partial charge in [-0.15, -0.1) is 0 Å². The second-order valence-corrected chi connectivity index (χ2v) is 3.72. The van der Waals surface area contributed by atoms with E-state index >= 15 is 0 Å². The molecule has 1 aromatic rings. The Labute approximate surface area is 96.8 Å². The first-order valence-corrected chi connectivity index (χ1v) is 5.64. The van der Waals surface area contributed by atoms with Crippen LogP contribution in [0, 0.1) is 6.92 Å². The summed E-state index contributed by atoms with van der Waals surface area (Å²) in [6, 6.07) is 8.32. The fourth-order valence-corrected chi connectivity index (χ4v) is 1.48. The first-order valence-electron chi connectivity index (χ1n) is 5.64. The zero-order valence-electron chi connectivity index (χ0n) is 9.95.